The van der Waals surface area contributed by atoms with Crippen molar-refractivity contribution in [2.45, 2.75) is 122 Å². The summed E-state index contributed by atoms with van der Waals surface area (Å²) in [4.78, 5) is 0. The Morgan fingerprint density at radius 1 is 0.816 bits per heavy atom. The van der Waals surface area contributed by atoms with Crippen molar-refractivity contribution in [1.29, 1.82) is 0 Å². The molecule has 2 fully saturated rings. The predicted octanol–water partition coefficient (Wildman–Crippen LogP) is 10.9. The van der Waals surface area contributed by atoms with Gasteiger partial charge in [0.05, 0.1) is 11.7 Å². The smallest absolute Gasteiger partial charge is 0.309 e. The molecule has 0 heterocycles. The number of unbranched alkanes of at least 4 members (excludes halogenated alkanes) is 2. The Balaban J connectivity index is 1.36. The number of benzene rings is 2. The first kappa shape index (κ1) is 29.1. The van der Waals surface area contributed by atoms with E-state index in [4.69, 9.17) is 4.74 Å². The van der Waals surface area contributed by atoms with Gasteiger partial charge in [-0.3, -0.25) is 0 Å². The molecule has 1 atom stereocenters. The Hall–Kier alpha value is -1.88. The molecule has 0 aliphatic heterocycles. The maximum absolute atomic E-state index is 15.0. The van der Waals surface area contributed by atoms with E-state index < -0.39 is 29.4 Å². The Kier molecular flexibility index (Phi) is 9.95. The third-order valence-corrected chi connectivity index (χ3v) is 9.15. The normalized spacial score (nSPS) is 25.3. The van der Waals surface area contributed by atoms with Crippen molar-refractivity contribution >= 4 is 0 Å². The molecule has 2 aromatic carbocycles. The highest BCUT2D eigenvalue weighted by atomic mass is 19.3. The molecule has 2 aliphatic rings. The van der Waals surface area contributed by atoms with Crippen molar-refractivity contribution in [1.82, 2.24) is 0 Å². The van der Waals surface area contributed by atoms with Crippen LogP contribution in [0.2, 0.25) is 0 Å². The van der Waals surface area contributed by atoms with Crippen LogP contribution in [0.1, 0.15) is 138 Å². The van der Waals surface area contributed by atoms with E-state index in [1.54, 1.807) is 0 Å². The minimum Gasteiger partial charge on any atom is -0.309 e. The van der Waals surface area contributed by atoms with Crippen LogP contribution in [-0.2, 0) is 10.8 Å². The molecule has 1 nitrogen and oxygen atoms in total. The van der Waals surface area contributed by atoms with Gasteiger partial charge in [-0.2, -0.15) is 8.78 Å². The fourth-order valence-electron chi connectivity index (χ4n) is 6.54. The molecule has 0 spiro atoms. The van der Waals surface area contributed by atoms with E-state index >= 15 is 8.78 Å². The van der Waals surface area contributed by atoms with Crippen LogP contribution in [0.25, 0.3) is 0 Å². The summed E-state index contributed by atoms with van der Waals surface area (Å²) >= 11 is 0. The van der Waals surface area contributed by atoms with Crippen molar-refractivity contribution in [3.8, 4) is 0 Å². The molecule has 0 N–H and O–H groups in total. The zero-order chi connectivity index (χ0) is 27.3. The molecule has 210 valence electrons. The summed E-state index contributed by atoms with van der Waals surface area (Å²) in [6.45, 7) is 5.90. The summed E-state index contributed by atoms with van der Waals surface area (Å²) in [7, 11) is 0. The van der Waals surface area contributed by atoms with Crippen molar-refractivity contribution in [3.05, 3.63) is 70.3 Å². The Bertz CT molecular complexity index is 1020. The Morgan fingerprint density at radius 2 is 1.45 bits per heavy atom. The number of ether oxygens (including phenoxy) is 1. The largest absolute Gasteiger partial charge is 0.386 e. The minimum absolute atomic E-state index is 0.127. The van der Waals surface area contributed by atoms with Crippen LogP contribution >= 0.6 is 0 Å². The highest BCUT2D eigenvalue weighted by Crippen LogP contribution is 2.42. The van der Waals surface area contributed by atoms with E-state index in [1.165, 1.54) is 69.9 Å². The second-order valence-corrected chi connectivity index (χ2v) is 11.9. The average Bonchev–Trinajstić information content (AvgIpc) is 2.91. The average molecular weight is 533 g/mol. The zero-order valence-corrected chi connectivity index (χ0v) is 23.3. The van der Waals surface area contributed by atoms with E-state index in [2.05, 4.69) is 13.8 Å². The molecular weight excluding hydrogens is 488 g/mol. The summed E-state index contributed by atoms with van der Waals surface area (Å²) in [6.07, 6.45) is 8.50. The molecule has 2 saturated carbocycles. The fraction of sp³-hybridized carbons (Fsp3) is 0.636. The lowest BCUT2D eigenvalue weighted by Gasteiger charge is -2.29. The molecular formula is C33H44F4O. The van der Waals surface area contributed by atoms with Crippen molar-refractivity contribution in [2.75, 3.05) is 0 Å². The van der Waals surface area contributed by atoms with Crippen LogP contribution in [0.4, 0.5) is 17.6 Å². The lowest BCUT2D eigenvalue weighted by atomic mass is 9.77. The number of rotatable bonds is 10. The monoisotopic (exact) mass is 532 g/mol. The van der Waals surface area contributed by atoms with Gasteiger partial charge >= 0.3 is 6.11 Å². The first-order valence-corrected chi connectivity index (χ1v) is 14.8. The second kappa shape index (κ2) is 13.0. The van der Waals surface area contributed by atoms with Gasteiger partial charge in [-0.25, -0.2) is 8.78 Å². The van der Waals surface area contributed by atoms with Gasteiger partial charge in [0.2, 0.25) is 0 Å². The quantitative estimate of drug-likeness (QED) is 0.218. The molecule has 0 bridgehead atoms. The van der Waals surface area contributed by atoms with Crippen LogP contribution < -0.4 is 0 Å². The Morgan fingerprint density at radius 3 is 2.08 bits per heavy atom. The van der Waals surface area contributed by atoms with Crippen molar-refractivity contribution in [2.24, 2.45) is 11.8 Å². The third kappa shape index (κ3) is 7.00. The number of alkyl halides is 2. The first-order chi connectivity index (χ1) is 18.2. The van der Waals surface area contributed by atoms with Gasteiger partial charge in [-0.15, -0.1) is 0 Å². The van der Waals surface area contributed by atoms with E-state index in [0.29, 0.717) is 17.4 Å². The molecule has 5 heteroatoms. The maximum atomic E-state index is 15.0. The highest BCUT2D eigenvalue weighted by molar-refractivity contribution is 5.32. The van der Waals surface area contributed by atoms with Crippen molar-refractivity contribution < 1.29 is 22.3 Å². The third-order valence-electron chi connectivity index (χ3n) is 9.15. The summed E-state index contributed by atoms with van der Waals surface area (Å²) in [5.74, 6) is -0.897. The summed E-state index contributed by atoms with van der Waals surface area (Å²) in [6, 6.07) is 10.00. The lowest BCUT2D eigenvalue weighted by molar-refractivity contribution is -0.273. The minimum atomic E-state index is -3.95. The summed E-state index contributed by atoms with van der Waals surface area (Å²) < 4.78 is 64.9. The van der Waals surface area contributed by atoms with E-state index in [-0.39, 0.29) is 11.5 Å². The van der Waals surface area contributed by atoms with Gasteiger partial charge in [-0.05, 0) is 91.9 Å². The molecule has 0 radical (unpaired) electrons. The zero-order valence-electron chi connectivity index (χ0n) is 23.3. The maximum Gasteiger partial charge on any atom is 0.386 e. The van der Waals surface area contributed by atoms with E-state index in [0.717, 1.165) is 37.7 Å². The summed E-state index contributed by atoms with van der Waals surface area (Å²) in [5, 5.41) is 0. The number of hydrogen-bond acceptors (Lipinski definition) is 1. The number of hydrogen-bond donors (Lipinski definition) is 0. The first-order valence-electron chi connectivity index (χ1n) is 14.8. The van der Waals surface area contributed by atoms with Crippen LogP contribution in [0.5, 0.6) is 0 Å². The van der Waals surface area contributed by atoms with Crippen LogP contribution in [0.3, 0.4) is 0 Å². The molecule has 4 rings (SSSR count). The number of halogens is 4. The fourth-order valence-corrected chi connectivity index (χ4v) is 6.54. The van der Waals surface area contributed by atoms with Gasteiger partial charge in [0, 0.05) is 0 Å². The summed E-state index contributed by atoms with van der Waals surface area (Å²) in [5.41, 5.74) is 0.991. The van der Waals surface area contributed by atoms with Crippen LogP contribution in [-0.4, -0.2) is 0 Å². The van der Waals surface area contributed by atoms with Gasteiger partial charge in [0.15, 0.2) is 11.6 Å². The predicted molar refractivity (Wildman–Crippen MR) is 145 cm³/mol. The van der Waals surface area contributed by atoms with Crippen molar-refractivity contribution in [3.63, 3.8) is 0 Å². The molecule has 2 aliphatic carbocycles. The SMILES string of the molecule is CCCCCC1CCC(c2ccc(C(C)OC(F)(F)c3ccc(C4CCC(C)CC4)c(F)c3F)cc2)CC1. The molecule has 0 saturated heterocycles. The molecule has 0 aromatic heterocycles. The molecule has 0 amide bonds. The van der Waals surface area contributed by atoms with Crippen LogP contribution in [0.15, 0.2) is 36.4 Å². The standard InChI is InChI=1S/C33H44F4O/c1-4-5-6-7-24-10-14-26(15-11-24)27-18-16-25(17-19-27)23(3)38-33(36,37)30-21-20-29(31(34)32(30)35)28-12-8-22(2)9-13-28/h16-24,26,28H,4-15H2,1-3H3. The highest BCUT2D eigenvalue weighted by Gasteiger charge is 2.40. The topological polar surface area (TPSA) is 9.23 Å². The second-order valence-electron chi connectivity index (χ2n) is 11.9. The van der Waals surface area contributed by atoms with Crippen LogP contribution in [0, 0.1) is 23.5 Å². The molecule has 38 heavy (non-hydrogen) atoms. The van der Waals surface area contributed by atoms with Gasteiger partial charge in [0.1, 0.15) is 0 Å². The van der Waals surface area contributed by atoms with Gasteiger partial charge < -0.3 is 4.74 Å². The van der Waals surface area contributed by atoms with Gasteiger partial charge in [0.25, 0.3) is 0 Å². The molecule has 1 unspecified atom stereocenters. The van der Waals surface area contributed by atoms with Gasteiger partial charge in [-0.1, -0.05) is 82.7 Å². The Labute approximate surface area is 226 Å². The molecule has 2 aromatic rings. The lowest BCUT2D eigenvalue weighted by Crippen LogP contribution is -2.23. The van der Waals surface area contributed by atoms with E-state index in [9.17, 15) is 8.78 Å². The van der Waals surface area contributed by atoms with E-state index in [1.807, 2.05) is 24.3 Å².